The molecular weight excluding hydrogens is 270 g/mol. The van der Waals surface area contributed by atoms with Crippen molar-refractivity contribution in [1.82, 2.24) is 0 Å². The fourth-order valence-corrected chi connectivity index (χ4v) is 3.17. The summed E-state index contributed by atoms with van der Waals surface area (Å²) in [4.78, 5) is 25.1. The SMILES string of the molecule is Cc1ccc(C)c(Sc2ccc3c(c2)NC(=O)C3=O)c1. The summed E-state index contributed by atoms with van der Waals surface area (Å²) in [6.45, 7) is 4.13. The van der Waals surface area contributed by atoms with Gasteiger partial charge < -0.3 is 5.32 Å². The molecule has 20 heavy (non-hydrogen) atoms. The Bertz CT molecular complexity index is 737. The molecule has 0 unspecified atom stereocenters. The summed E-state index contributed by atoms with van der Waals surface area (Å²) in [7, 11) is 0. The van der Waals surface area contributed by atoms with Gasteiger partial charge in [0.1, 0.15) is 0 Å². The maximum Gasteiger partial charge on any atom is 0.296 e. The minimum Gasteiger partial charge on any atom is -0.318 e. The third-order valence-electron chi connectivity index (χ3n) is 3.26. The molecule has 2 aromatic rings. The van der Waals surface area contributed by atoms with Crippen LogP contribution < -0.4 is 5.32 Å². The van der Waals surface area contributed by atoms with E-state index in [9.17, 15) is 9.59 Å². The van der Waals surface area contributed by atoms with Crippen LogP contribution in [0.2, 0.25) is 0 Å². The highest BCUT2D eigenvalue weighted by molar-refractivity contribution is 7.99. The monoisotopic (exact) mass is 283 g/mol. The molecule has 1 amide bonds. The molecule has 4 heteroatoms. The molecule has 0 atom stereocenters. The summed E-state index contributed by atoms with van der Waals surface area (Å²) in [5.41, 5.74) is 3.49. The molecule has 0 fully saturated rings. The first kappa shape index (κ1) is 12.9. The smallest absolute Gasteiger partial charge is 0.296 e. The maximum atomic E-state index is 11.5. The lowest BCUT2D eigenvalue weighted by Crippen LogP contribution is -2.12. The standard InChI is InChI=1S/C16H13NO2S/c1-9-3-4-10(2)14(7-9)20-11-5-6-12-13(8-11)17-16(19)15(12)18/h3-8H,1-2H3,(H,17,18,19). The van der Waals surface area contributed by atoms with Crippen molar-refractivity contribution in [3.05, 3.63) is 53.1 Å². The van der Waals surface area contributed by atoms with Gasteiger partial charge in [0.15, 0.2) is 0 Å². The molecular formula is C16H13NO2S. The molecule has 0 aliphatic carbocycles. The highest BCUT2D eigenvalue weighted by atomic mass is 32.2. The molecule has 2 aromatic carbocycles. The Balaban J connectivity index is 1.93. The predicted octanol–water partition coefficient (Wildman–Crippen LogP) is 3.59. The van der Waals surface area contributed by atoms with Crippen molar-refractivity contribution in [2.75, 3.05) is 5.32 Å². The fraction of sp³-hybridized carbons (Fsp3) is 0.125. The first-order valence-corrected chi connectivity index (χ1v) is 7.11. The number of nitrogens with one attached hydrogen (secondary N) is 1. The third-order valence-corrected chi connectivity index (χ3v) is 4.41. The van der Waals surface area contributed by atoms with Crippen LogP contribution in [0.3, 0.4) is 0 Å². The van der Waals surface area contributed by atoms with Gasteiger partial charge in [-0.3, -0.25) is 9.59 Å². The van der Waals surface area contributed by atoms with Crippen molar-refractivity contribution < 1.29 is 9.59 Å². The zero-order chi connectivity index (χ0) is 14.3. The second-order valence-corrected chi connectivity index (χ2v) is 5.98. The number of carbonyl (C=O) groups excluding carboxylic acids is 2. The van der Waals surface area contributed by atoms with Crippen molar-refractivity contribution in [2.24, 2.45) is 0 Å². The normalized spacial score (nSPS) is 13.3. The van der Waals surface area contributed by atoms with Gasteiger partial charge >= 0.3 is 0 Å². The van der Waals surface area contributed by atoms with Gasteiger partial charge in [0.05, 0.1) is 11.3 Å². The minimum atomic E-state index is -0.547. The van der Waals surface area contributed by atoms with Crippen molar-refractivity contribution >= 4 is 29.1 Å². The summed E-state index contributed by atoms with van der Waals surface area (Å²) in [6, 6.07) is 11.8. The number of rotatable bonds is 2. The van der Waals surface area contributed by atoms with E-state index in [1.165, 1.54) is 16.0 Å². The average molecular weight is 283 g/mol. The number of hydrogen-bond acceptors (Lipinski definition) is 3. The molecule has 3 rings (SSSR count). The van der Waals surface area contributed by atoms with Gasteiger partial charge in [-0.1, -0.05) is 23.9 Å². The second kappa shape index (κ2) is 4.80. The first-order chi connectivity index (χ1) is 9.54. The van der Waals surface area contributed by atoms with Crippen LogP contribution in [0.25, 0.3) is 0 Å². The highest BCUT2D eigenvalue weighted by Gasteiger charge is 2.27. The van der Waals surface area contributed by atoms with Gasteiger partial charge in [-0.25, -0.2) is 0 Å². The number of ketones is 1. The maximum absolute atomic E-state index is 11.5. The Labute approximate surface area is 121 Å². The quantitative estimate of drug-likeness (QED) is 0.857. The van der Waals surface area contributed by atoms with E-state index in [4.69, 9.17) is 0 Å². The van der Waals surface area contributed by atoms with E-state index in [-0.39, 0.29) is 0 Å². The third kappa shape index (κ3) is 2.23. The predicted molar refractivity (Wildman–Crippen MR) is 79.4 cm³/mol. The van der Waals surface area contributed by atoms with E-state index in [1.807, 2.05) is 12.1 Å². The summed E-state index contributed by atoms with van der Waals surface area (Å²) in [5.74, 6) is -1.00. The van der Waals surface area contributed by atoms with E-state index in [1.54, 1.807) is 17.8 Å². The zero-order valence-electron chi connectivity index (χ0n) is 11.2. The minimum absolute atomic E-state index is 0.455. The van der Waals surface area contributed by atoms with E-state index < -0.39 is 11.7 Å². The number of fused-ring (bicyclic) bond motifs is 1. The molecule has 1 aliphatic heterocycles. The summed E-state index contributed by atoms with van der Waals surface area (Å²) in [6.07, 6.45) is 0. The van der Waals surface area contributed by atoms with Crippen LogP contribution in [-0.4, -0.2) is 11.7 Å². The zero-order valence-corrected chi connectivity index (χ0v) is 12.0. The van der Waals surface area contributed by atoms with Crippen LogP contribution in [0.1, 0.15) is 21.5 Å². The largest absolute Gasteiger partial charge is 0.318 e. The van der Waals surface area contributed by atoms with Crippen LogP contribution >= 0.6 is 11.8 Å². The number of anilines is 1. The van der Waals surface area contributed by atoms with Crippen LogP contribution in [0, 0.1) is 13.8 Å². The topological polar surface area (TPSA) is 46.2 Å². The van der Waals surface area contributed by atoms with E-state index in [0.29, 0.717) is 11.3 Å². The Morgan fingerprint density at radius 3 is 2.60 bits per heavy atom. The molecule has 100 valence electrons. The van der Waals surface area contributed by atoms with Crippen LogP contribution in [0.5, 0.6) is 0 Å². The van der Waals surface area contributed by atoms with Gasteiger partial charge in [-0.15, -0.1) is 0 Å². The van der Waals surface area contributed by atoms with Crippen LogP contribution in [0.4, 0.5) is 5.69 Å². The average Bonchev–Trinajstić information content (AvgIpc) is 2.69. The summed E-state index contributed by atoms with van der Waals surface area (Å²) < 4.78 is 0. The lowest BCUT2D eigenvalue weighted by molar-refractivity contribution is -0.112. The Morgan fingerprint density at radius 1 is 1.00 bits per heavy atom. The van der Waals surface area contributed by atoms with Gasteiger partial charge in [-0.05, 0) is 49.2 Å². The molecule has 1 heterocycles. The molecule has 0 radical (unpaired) electrons. The molecule has 0 saturated heterocycles. The summed E-state index contributed by atoms with van der Waals surface area (Å²) >= 11 is 1.63. The number of carbonyl (C=O) groups is 2. The molecule has 0 aromatic heterocycles. The van der Waals surface area contributed by atoms with Crippen LogP contribution in [0.15, 0.2) is 46.2 Å². The van der Waals surface area contributed by atoms with E-state index >= 15 is 0 Å². The van der Waals surface area contributed by atoms with E-state index in [2.05, 4.69) is 37.4 Å². The number of hydrogen-bond donors (Lipinski definition) is 1. The van der Waals surface area contributed by atoms with Gasteiger partial charge in [0, 0.05) is 9.79 Å². The Morgan fingerprint density at radius 2 is 1.80 bits per heavy atom. The Hall–Kier alpha value is -2.07. The fourth-order valence-electron chi connectivity index (χ4n) is 2.13. The molecule has 3 nitrogen and oxygen atoms in total. The lowest BCUT2D eigenvalue weighted by Gasteiger charge is -2.08. The number of aryl methyl sites for hydroxylation is 2. The van der Waals surface area contributed by atoms with Crippen LogP contribution in [-0.2, 0) is 4.79 Å². The number of amides is 1. The first-order valence-electron chi connectivity index (χ1n) is 6.29. The van der Waals surface area contributed by atoms with Crippen molar-refractivity contribution in [2.45, 2.75) is 23.6 Å². The van der Waals surface area contributed by atoms with Gasteiger partial charge in [0.25, 0.3) is 11.7 Å². The lowest BCUT2D eigenvalue weighted by atomic mass is 10.1. The molecule has 1 N–H and O–H groups in total. The molecule has 1 aliphatic rings. The molecule has 0 spiro atoms. The molecule has 0 bridgehead atoms. The second-order valence-electron chi connectivity index (χ2n) is 4.86. The number of Topliss-reactive ketones (excluding diaryl/α,β-unsaturated/α-hetero) is 1. The number of benzene rings is 2. The summed E-state index contributed by atoms with van der Waals surface area (Å²) in [5, 5.41) is 2.60. The highest BCUT2D eigenvalue weighted by Crippen LogP contribution is 2.34. The van der Waals surface area contributed by atoms with Crippen molar-refractivity contribution in [1.29, 1.82) is 0 Å². The van der Waals surface area contributed by atoms with Gasteiger partial charge in [0.2, 0.25) is 0 Å². The Kier molecular flexibility index (Phi) is 3.10. The van der Waals surface area contributed by atoms with Crippen molar-refractivity contribution in [3.8, 4) is 0 Å². The molecule has 0 saturated carbocycles. The van der Waals surface area contributed by atoms with Crippen molar-refractivity contribution in [3.63, 3.8) is 0 Å². The van der Waals surface area contributed by atoms with Gasteiger partial charge in [-0.2, -0.15) is 0 Å². The van der Waals surface area contributed by atoms with E-state index in [0.717, 1.165) is 4.90 Å².